The van der Waals surface area contributed by atoms with Crippen LogP contribution >= 0.6 is 0 Å². The topological polar surface area (TPSA) is 84.0 Å². The van der Waals surface area contributed by atoms with E-state index in [0.29, 0.717) is 23.4 Å². The molecule has 0 radical (unpaired) electrons. The fraction of sp³-hybridized carbons (Fsp3) is 0.238. The van der Waals surface area contributed by atoms with E-state index in [0.717, 1.165) is 15.1 Å². The molecule has 9 heteroatoms. The summed E-state index contributed by atoms with van der Waals surface area (Å²) < 4.78 is 59.1. The molecule has 30 heavy (non-hydrogen) atoms. The maximum absolute atomic E-state index is 13.3. The Morgan fingerprint density at radius 3 is 2.23 bits per heavy atom. The van der Waals surface area contributed by atoms with Gasteiger partial charge in [-0.1, -0.05) is 12.1 Å². The van der Waals surface area contributed by atoms with Crippen molar-refractivity contribution in [2.45, 2.75) is 16.2 Å². The second-order valence-electron chi connectivity index (χ2n) is 7.28. The second kappa shape index (κ2) is 7.26. The van der Waals surface area contributed by atoms with Crippen LogP contribution in [0.5, 0.6) is 5.75 Å². The number of rotatable bonds is 5. The largest absolute Gasteiger partial charge is 0.497 e. The Labute approximate surface area is 176 Å². The van der Waals surface area contributed by atoms with Crippen LogP contribution in [-0.4, -0.2) is 48.9 Å². The Morgan fingerprint density at radius 2 is 1.53 bits per heavy atom. The van der Waals surface area contributed by atoms with Gasteiger partial charge in [-0.15, -0.1) is 0 Å². The number of nitrogens with zero attached hydrogens (tertiary/aromatic N) is 2. The van der Waals surface area contributed by atoms with E-state index >= 15 is 0 Å². The molecule has 0 aromatic heterocycles. The maximum Gasteiger partial charge on any atom is 0.264 e. The molecular weight excluding hydrogens is 424 g/mol. The molecule has 7 nitrogen and oxygen atoms in total. The number of hydrogen-bond acceptors (Lipinski definition) is 5. The lowest BCUT2D eigenvalue weighted by atomic mass is 10.1. The zero-order valence-corrected chi connectivity index (χ0v) is 18.5. The third-order valence-electron chi connectivity index (χ3n) is 5.29. The van der Waals surface area contributed by atoms with Crippen LogP contribution in [0.2, 0.25) is 0 Å². The lowest BCUT2D eigenvalue weighted by Gasteiger charge is -2.20. The highest BCUT2D eigenvalue weighted by molar-refractivity contribution is 7.92. The summed E-state index contributed by atoms with van der Waals surface area (Å²) >= 11 is 0. The number of anilines is 1. The Hall–Kier alpha value is -2.62. The molecule has 0 amide bonds. The summed E-state index contributed by atoms with van der Waals surface area (Å²) in [7, 11) is -2.84. The van der Waals surface area contributed by atoms with Gasteiger partial charge in [0.05, 0.1) is 22.6 Å². The average molecular weight is 447 g/mol. The van der Waals surface area contributed by atoms with Crippen molar-refractivity contribution in [2.75, 3.05) is 32.1 Å². The van der Waals surface area contributed by atoms with Crippen molar-refractivity contribution in [3.8, 4) is 5.75 Å². The van der Waals surface area contributed by atoms with Gasteiger partial charge in [0.15, 0.2) is 0 Å². The molecule has 0 atom stereocenters. The minimum Gasteiger partial charge on any atom is -0.497 e. The summed E-state index contributed by atoms with van der Waals surface area (Å²) in [4.78, 5) is 0.350. The van der Waals surface area contributed by atoms with E-state index in [-0.39, 0.29) is 16.3 Å². The molecule has 0 unspecified atom stereocenters. The van der Waals surface area contributed by atoms with Gasteiger partial charge in [-0.05, 0) is 65.2 Å². The molecule has 0 saturated carbocycles. The van der Waals surface area contributed by atoms with Crippen LogP contribution in [-0.2, 0) is 26.5 Å². The lowest BCUT2D eigenvalue weighted by Crippen LogP contribution is -2.29. The smallest absolute Gasteiger partial charge is 0.264 e. The van der Waals surface area contributed by atoms with Crippen LogP contribution in [0.4, 0.5) is 5.69 Å². The molecule has 0 bridgehead atoms. The van der Waals surface area contributed by atoms with E-state index in [9.17, 15) is 16.8 Å². The average Bonchev–Trinajstić information content (AvgIpc) is 3.16. The fourth-order valence-corrected chi connectivity index (χ4v) is 6.08. The molecule has 1 aliphatic heterocycles. The SMILES string of the molecule is COc1ccc2cc(S(=O)(=O)N3CCc4cc(S(=O)(=O)N(C)C)ccc43)ccc2c1. The van der Waals surface area contributed by atoms with Crippen molar-refractivity contribution < 1.29 is 21.6 Å². The van der Waals surface area contributed by atoms with Crippen LogP contribution in [0.3, 0.4) is 0 Å². The summed E-state index contributed by atoms with van der Waals surface area (Å²) in [6.07, 6.45) is 0.454. The fourth-order valence-electron chi connectivity index (χ4n) is 3.59. The van der Waals surface area contributed by atoms with Crippen LogP contribution in [0, 0.1) is 0 Å². The zero-order chi connectivity index (χ0) is 21.7. The van der Waals surface area contributed by atoms with E-state index in [1.165, 1.54) is 24.5 Å². The Morgan fingerprint density at radius 1 is 0.867 bits per heavy atom. The number of sulfonamides is 2. The Bertz CT molecular complexity index is 1350. The third kappa shape index (κ3) is 3.32. The third-order valence-corrected chi connectivity index (χ3v) is 8.91. The van der Waals surface area contributed by atoms with E-state index in [4.69, 9.17) is 4.74 Å². The first-order valence-corrected chi connectivity index (χ1v) is 12.2. The molecule has 0 spiro atoms. The van der Waals surface area contributed by atoms with Crippen LogP contribution in [0.15, 0.2) is 64.4 Å². The molecule has 4 rings (SSSR count). The number of ether oxygens (including phenoxy) is 1. The minimum atomic E-state index is -3.78. The number of benzene rings is 3. The predicted molar refractivity (Wildman–Crippen MR) is 116 cm³/mol. The summed E-state index contributed by atoms with van der Waals surface area (Å²) in [6.45, 7) is 0.268. The predicted octanol–water partition coefficient (Wildman–Crippen LogP) is 2.85. The minimum absolute atomic E-state index is 0.158. The van der Waals surface area contributed by atoms with Crippen molar-refractivity contribution in [1.29, 1.82) is 0 Å². The van der Waals surface area contributed by atoms with Gasteiger partial charge >= 0.3 is 0 Å². The highest BCUT2D eigenvalue weighted by Gasteiger charge is 2.32. The molecule has 0 N–H and O–H groups in total. The van der Waals surface area contributed by atoms with Crippen molar-refractivity contribution in [3.05, 3.63) is 60.2 Å². The van der Waals surface area contributed by atoms with E-state index in [1.807, 2.05) is 12.1 Å². The zero-order valence-electron chi connectivity index (χ0n) is 16.9. The molecule has 0 aliphatic carbocycles. The summed E-state index contributed by atoms with van der Waals surface area (Å²) in [5.74, 6) is 0.704. The van der Waals surface area contributed by atoms with Crippen LogP contribution in [0.25, 0.3) is 10.8 Å². The highest BCUT2D eigenvalue weighted by Crippen LogP contribution is 2.35. The van der Waals surface area contributed by atoms with E-state index in [2.05, 4.69) is 0 Å². The molecule has 1 aliphatic rings. The van der Waals surface area contributed by atoms with Crippen molar-refractivity contribution >= 4 is 36.5 Å². The number of hydrogen-bond donors (Lipinski definition) is 0. The van der Waals surface area contributed by atoms with Gasteiger partial charge in [-0.2, -0.15) is 0 Å². The summed E-state index contributed by atoms with van der Waals surface area (Å²) in [5, 5.41) is 1.68. The first-order valence-electron chi connectivity index (χ1n) is 9.30. The van der Waals surface area contributed by atoms with Crippen molar-refractivity contribution in [1.82, 2.24) is 4.31 Å². The quantitative estimate of drug-likeness (QED) is 0.602. The summed E-state index contributed by atoms with van der Waals surface area (Å²) in [6, 6.07) is 15.0. The molecule has 0 saturated heterocycles. The molecule has 158 valence electrons. The van der Waals surface area contributed by atoms with E-state index in [1.54, 1.807) is 43.5 Å². The second-order valence-corrected chi connectivity index (χ2v) is 11.3. The maximum atomic E-state index is 13.3. The van der Waals surface area contributed by atoms with Gasteiger partial charge in [0.25, 0.3) is 10.0 Å². The van der Waals surface area contributed by atoms with Crippen LogP contribution in [0.1, 0.15) is 5.56 Å². The standard InChI is InChI=1S/C21H22N2O5S2/c1-22(2)29(24,25)19-8-9-21-17(14-19)10-11-23(21)30(26,27)20-7-5-15-12-18(28-3)6-4-16(15)13-20/h4-9,12-14H,10-11H2,1-3H3. The van der Waals surface area contributed by atoms with Gasteiger partial charge in [0.2, 0.25) is 10.0 Å². The van der Waals surface area contributed by atoms with Crippen molar-refractivity contribution in [3.63, 3.8) is 0 Å². The molecule has 0 fully saturated rings. The van der Waals surface area contributed by atoms with Crippen molar-refractivity contribution in [2.24, 2.45) is 0 Å². The normalized spacial score (nSPS) is 14.3. The monoisotopic (exact) mass is 446 g/mol. The van der Waals surface area contributed by atoms with Gasteiger partial charge in [-0.25, -0.2) is 21.1 Å². The van der Waals surface area contributed by atoms with Crippen LogP contribution < -0.4 is 9.04 Å². The van der Waals surface area contributed by atoms with Gasteiger partial charge in [-0.3, -0.25) is 4.31 Å². The van der Waals surface area contributed by atoms with E-state index < -0.39 is 20.0 Å². The van der Waals surface area contributed by atoms with Gasteiger partial charge in [0.1, 0.15) is 5.75 Å². The lowest BCUT2D eigenvalue weighted by molar-refractivity contribution is 0.415. The molecular formula is C21H22N2O5S2. The Kier molecular flexibility index (Phi) is 5.00. The summed E-state index contributed by atoms with van der Waals surface area (Å²) in [5.41, 5.74) is 1.22. The Balaban J connectivity index is 1.73. The molecule has 3 aromatic rings. The number of methoxy groups -OCH3 is 1. The van der Waals surface area contributed by atoms with Gasteiger partial charge < -0.3 is 4.74 Å². The molecule has 1 heterocycles. The first-order chi connectivity index (χ1) is 14.1. The first kappa shape index (κ1) is 20.6. The highest BCUT2D eigenvalue weighted by atomic mass is 32.2. The van der Waals surface area contributed by atoms with Gasteiger partial charge in [0, 0.05) is 20.6 Å². The molecule has 3 aromatic carbocycles. The number of fused-ring (bicyclic) bond motifs is 2.